The Morgan fingerprint density at radius 2 is 2.38 bits per heavy atom. The summed E-state index contributed by atoms with van der Waals surface area (Å²) in [6.45, 7) is 4.16. The highest BCUT2D eigenvalue weighted by Gasteiger charge is 2.35. The average Bonchev–Trinajstić information content (AvgIpc) is 2.53. The number of aryl methyl sites for hydroxylation is 1. The molecule has 0 amide bonds. The van der Waals surface area contributed by atoms with Crippen molar-refractivity contribution in [2.24, 2.45) is 0 Å². The summed E-state index contributed by atoms with van der Waals surface area (Å²) in [5, 5.41) is 9.52. The lowest BCUT2D eigenvalue weighted by Gasteiger charge is -2.40. The number of carbonyl (C=O) groups is 1. The van der Waals surface area contributed by atoms with E-state index in [0.717, 1.165) is 23.7 Å². The summed E-state index contributed by atoms with van der Waals surface area (Å²) in [5.74, 6) is -0.719. The van der Waals surface area contributed by atoms with Crippen molar-refractivity contribution in [3.8, 4) is 0 Å². The number of aliphatic carboxylic acids is 1. The Balaban J connectivity index is 2.20. The van der Waals surface area contributed by atoms with Gasteiger partial charge in [-0.05, 0) is 33.1 Å². The Morgan fingerprint density at radius 1 is 1.69 bits per heavy atom. The highest BCUT2D eigenvalue weighted by Crippen LogP contribution is 2.41. The average molecular weight is 240 g/mol. The molecule has 0 atom stereocenters. The second kappa shape index (κ2) is 4.13. The van der Waals surface area contributed by atoms with Crippen LogP contribution in [0.2, 0.25) is 0 Å². The van der Waals surface area contributed by atoms with Gasteiger partial charge in [0.25, 0.3) is 0 Å². The van der Waals surface area contributed by atoms with Crippen molar-refractivity contribution >= 4 is 17.7 Å². The molecule has 1 heterocycles. The molecule has 0 radical (unpaired) electrons. The third-order valence-electron chi connectivity index (χ3n) is 3.13. The van der Waals surface area contributed by atoms with E-state index in [2.05, 4.69) is 16.5 Å². The maximum atomic E-state index is 10.6. The van der Waals surface area contributed by atoms with Gasteiger partial charge in [-0.25, -0.2) is 4.98 Å². The van der Waals surface area contributed by atoms with E-state index in [1.165, 1.54) is 18.2 Å². The molecule has 0 unspecified atom stereocenters. The minimum absolute atomic E-state index is 0.0759. The Bertz CT molecular complexity index is 410. The van der Waals surface area contributed by atoms with E-state index in [1.54, 1.807) is 0 Å². The van der Waals surface area contributed by atoms with Crippen molar-refractivity contribution in [2.75, 3.05) is 5.75 Å². The van der Waals surface area contributed by atoms with E-state index < -0.39 is 5.97 Å². The molecular formula is C11H16N2O2S. The predicted octanol–water partition coefficient (Wildman–Crippen LogP) is 2.27. The topological polar surface area (TPSA) is 55.1 Å². The maximum Gasteiger partial charge on any atom is 0.313 e. The van der Waals surface area contributed by atoms with Gasteiger partial charge in [-0.2, -0.15) is 0 Å². The van der Waals surface area contributed by atoms with Crippen LogP contribution >= 0.6 is 11.8 Å². The number of hydrogen-bond acceptors (Lipinski definition) is 3. The quantitative estimate of drug-likeness (QED) is 0.820. The molecule has 1 fully saturated rings. The van der Waals surface area contributed by atoms with Crippen LogP contribution < -0.4 is 0 Å². The number of imidazole rings is 1. The lowest BCUT2D eigenvalue weighted by Crippen LogP contribution is -2.37. The summed E-state index contributed by atoms with van der Waals surface area (Å²) in [5.41, 5.74) is 1.11. The van der Waals surface area contributed by atoms with Crippen LogP contribution in [0, 0.1) is 6.92 Å². The zero-order valence-corrected chi connectivity index (χ0v) is 10.4. The number of carboxylic acid groups (broad SMARTS) is 1. The summed E-state index contributed by atoms with van der Waals surface area (Å²) in [6.07, 6.45) is 5.59. The summed E-state index contributed by atoms with van der Waals surface area (Å²) in [7, 11) is 0. The molecule has 4 nitrogen and oxygen atoms in total. The second-order valence-corrected chi connectivity index (χ2v) is 5.51. The first-order valence-electron chi connectivity index (χ1n) is 5.42. The van der Waals surface area contributed by atoms with Gasteiger partial charge in [-0.3, -0.25) is 4.79 Å². The van der Waals surface area contributed by atoms with Crippen molar-refractivity contribution in [3.05, 3.63) is 11.9 Å². The van der Waals surface area contributed by atoms with Crippen LogP contribution in [0.1, 0.15) is 31.9 Å². The zero-order chi connectivity index (χ0) is 11.8. The molecule has 5 heteroatoms. The third kappa shape index (κ3) is 2.09. The first-order valence-corrected chi connectivity index (χ1v) is 6.41. The van der Waals surface area contributed by atoms with E-state index in [0.29, 0.717) is 0 Å². The number of hydrogen-bond donors (Lipinski definition) is 1. The SMILES string of the molecule is Cc1cn(C2(C)CCC2)c(SCC(=O)O)n1. The van der Waals surface area contributed by atoms with Gasteiger partial charge >= 0.3 is 5.97 Å². The Kier molecular flexibility index (Phi) is 2.97. The molecule has 1 saturated carbocycles. The van der Waals surface area contributed by atoms with Crippen LogP contribution in [-0.2, 0) is 10.3 Å². The molecule has 1 aliphatic carbocycles. The van der Waals surface area contributed by atoms with Crippen LogP contribution in [-0.4, -0.2) is 26.4 Å². The summed E-state index contributed by atoms with van der Waals surface area (Å²) < 4.78 is 2.15. The van der Waals surface area contributed by atoms with Gasteiger partial charge in [0.2, 0.25) is 0 Å². The zero-order valence-electron chi connectivity index (χ0n) is 9.56. The fourth-order valence-electron chi connectivity index (χ4n) is 2.02. The fraction of sp³-hybridized carbons (Fsp3) is 0.636. The molecule has 88 valence electrons. The Labute approximate surface area is 99.1 Å². The standard InChI is InChI=1S/C11H16N2O2S/c1-8-6-13(11(2)4-3-5-11)10(12-8)16-7-9(14)15/h6H,3-5,7H2,1-2H3,(H,14,15). The van der Waals surface area contributed by atoms with Gasteiger partial charge in [0.15, 0.2) is 5.16 Å². The van der Waals surface area contributed by atoms with Crippen molar-refractivity contribution < 1.29 is 9.90 Å². The molecular weight excluding hydrogens is 224 g/mol. The van der Waals surface area contributed by atoms with Gasteiger partial charge < -0.3 is 9.67 Å². The molecule has 0 spiro atoms. The number of thioether (sulfide) groups is 1. The molecule has 0 saturated heterocycles. The van der Waals surface area contributed by atoms with Gasteiger partial charge in [0.1, 0.15) is 0 Å². The van der Waals surface area contributed by atoms with Gasteiger partial charge in [0.05, 0.1) is 11.4 Å². The first-order chi connectivity index (χ1) is 7.51. The van der Waals surface area contributed by atoms with Gasteiger partial charge in [0, 0.05) is 11.7 Å². The van der Waals surface area contributed by atoms with Crippen molar-refractivity contribution in [1.29, 1.82) is 0 Å². The van der Waals surface area contributed by atoms with Crippen LogP contribution in [0.4, 0.5) is 0 Å². The lowest BCUT2D eigenvalue weighted by molar-refractivity contribution is -0.133. The number of aromatic nitrogens is 2. The minimum Gasteiger partial charge on any atom is -0.481 e. The Hall–Kier alpha value is -0.970. The van der Waals surface area contributed by atoms with E-state index in [9.17, 15) is 4.79 Å². The molecule has 2 rings (SSSR count). The minimum atomic E-state index is -0.795. The maximum absolute atomic E-state index is 10.6. The lowest BCUT2D eigenvalue weighted by atomic mass is 9.78. The highest BCUT2D eigenvalue weighted by molar-refractivity contribution is 7.99. The van der Waals surface area contributed by atoms with Gasteiger partial charge in [-0.15, -0.1) is 0 Å². The largest absolute Gasteiger partial charge is 0.481 e. The van der Waals surface area contributed by atoms with E-state index in [4.69, 9.17) is 5.11 Å². The van der Waals surface area contributed by atoms with E-state index in [-0.39, 0.29) is 11.3 Å². The summed E-state index contributed by atoms with van der Waals surface area (Å²) >= 11 is 1.30. The second-order valence-electron chi connectivity index (χ2n) is 4.57. The smallest absolute Gasteiger partial charge is 0.313 e. The number of nitrogens with zero attached hydrogens (tertiary/aromatic N) is 2. The van der Waals surface area contributed by atoms with Crippen LogP contribution in [0.25, 0.3) is 0 Å². The summed E-state index contributed by atoms with van der Waals surface area (Å²) in [4.78, 5) is 15.0. The van der Waals surface area contributed by atoms with Crippen molar-refractivity contribution in [2.45, 2.75) is 43.8 Å². The number of carboxylic acids is 1. The van der Waals surface area contributed by atoms with Crippen molar-refractivity contribution in [3.63, 3.8) is 0 Å². The van der Waals surface area contributed by atoms with Crippen LogP contribution in [0.5, 0.6) is 0 Å². The molecule has 1 N–H and O–H groups in total. The van der Waals surface area contributed by atoms with E-state index in [1.807, 2.05) is 13.1 Å². The monoisotopic (exact) mass is 240 g/mol. The first kappa shape index (κ1) is 11.5. The molecule has 16 heavy (non-hydrogen) atoms. The normalized spacial score (nSPS) is 18.1. The van der Waals surface area contributed by atoms with Crippen LogP contribution in [0.15, 0.2) is 11.4 Å². The molecule has 0 aliphatic heterocycles. The van der Waals surface area contributed by atoms with E-state index >= 15 is 0 Å². The molecule has 1 aliphatic rings. The highest BCUT2D eigenvalue weighted by atomic mass is 32.2. The predicted molar refractivity (Wildman–Crippen MR) is 62.8 cm³/mol. The molecule has 1 aromatic heterocycles. The van der Waals surface area contributed by atoms with Crippen molar-refractivity contribution in [1.82, 2.24) is 9.55 Å². The molecule has 1 aromatic rings. The number of rotatable bonds is 4. The van der Waals surface area contributed by atoms with Crippen LogP contribution in [0.3, 0.4) is 0 Å². The van der Waals surface area contributed by atoms with Gasteiger partial charge in [-0.1, -0.05) is 11.8 Å². The Morgan fingerprint density at radius 3 is 2.88 bits per heavy atom. The summed E-state index contributed by atoms with van der Waals surface area (Å²) in [6, 6.07) is 0. The fourth-order valence-corrected chi connectivity index (χ4v) is 2.89. The molecule has 0 aromatic carbocycles. The third-order valence-corrected chi connectivity index (χ3v) is 4.07. The molecule has 0 bridgehead atoms.